The molecule has 0 aliphatic carbocycles. The van der Waals surface area contributed by atoms with Crippen LogP contribution in [0, 0.1) is 11.6 Å². The van der Waals surface area contributed by atoms with Gasteiger partial charge in [-0.3, -0.25) is 4.79 Å². The highest BCUT2D eigenvalue weighted by Crippen LogP contribution is 2.20. The van der Waals surface area contributed by atoms with Crippen LogP contribution in [0.5, 0.6) is 0 Å². The third-order valence-corrected chi connectivity index (χ3v) is 4.11. The third kappa shape index (κ3) is 4.06. The fourth-order valence-corrected chi connectivity index (χ4v) is 2.29. The van der Waals surface area contributed by atoms with Gasteiger partial charge in [0.25, 0.3) is 5.91 Å². The Morgan fingerprint density at radius 2 is 2.11 bits per heavy atom. The normalized spacial score (nSPS) is 14.0. The maximum absolute atomic E-state index is 13.5. The molecular formula is C12H14ClF2NO2S. The largest absolute Gasteiger partial charge is 0.395 e. The van der Waals surface area contributed by atoms with E-state index in [0.29, 0.717) is 0 Å². The molecular weight excluding hydrogens is 296 g/mol. The van der Waals surface area contributed by atoms with Crippen LogP contribution in [0.3, 0.4) is 0 Å². The van der Waals surface area contributed by atoms with Crippen LogP contribution in [0.25, 0.3) is 0 Å². The molecule has 0 aliphatic rings. The Labute approximate surface area is 119 Å². The molecule has 106 valence electrons. The molecule has 2 atom stereocenters. The van der Waals surface area contributed by atoms with Crippen LogP contribution in [-0.4, -0.2) is 35.2 Å². The van der Waals surface area contributed by atoms with Gasteiger partial charge in [0.1, 0.15) is 11.6 Å². The summed E-state index contributed by atoms with van der Waals surface area (Å²) in [5.41, 5.74) is -0.411. The first kappa shape index (κ1) is 16.2. The predicted octanol–water partition coefficient (Wildman–Crippen LogP) is 2.46. The predicted molar refractivity (Wildman–Crippen MR) is 72.7 cm³/mol. The number of hydrogen-bond acceptors (Lipinski definition) is 3. The second kappa shape index (κ2) is 7.07. The number of benzene rings is 1. The van der Waals surface area contributed by atoms with Crippen LogP contribution in [0.15, 0.2) is 12.1 Å². The molecule has 0 heterocycles. The number of nitrogens with one attached hydrogen (secondary N) is 1. The topological polar surface area (TPSA) is 49.3 Å². The van der Waals surface area contributed by atoms with Crippen LogP contribution in [0.4, 0.5) is 8.78 Å². The van der Waals surface area contributed by atoms with E-state index in [2.05, 4.69) is 5.32 Å². The van der Waals surface area contributed by atoms with Gasteiger partial charge in [0.2, 0.25) is 0 Å². The monoisotopic (exact) mass is 309 g/mol. The van der Waals surface area contributed by atoms with Gasteiger partial charge in [-0.05, 0) is 25.3 Å². The van der Waals surface area contributed by atoms with Gasteiger partial charge < -0.3 is 10.4 Å². The summed E-state index contributed by atoms with van der Waals surface area (Å²) in [5.74, 6) is -2.49. The Kier molecular flexibility index (Phi) is 6.03. The van der Waals surface area contributed by atoms with Crippen LogP contribution < -0.4 is 5.32 Å². The second-order valence-corrected chi connectivity index (χ2v) is 5.45. The molecule has 2 unspecified atom stereocenters. The molecule has 7 heteroatoms. The molecule has 0 aromatic heterocycles. The zero-order chi connectivity index (χ0) is 14.6. The van der Waals surface area contributed by atoms with Crippen molar-refractivity contribution < 1.29 is 18.7 Å². The zero-order valence-corrected chi connectivity index (χ0v) is 12.0. The van der Waals surface area contributed by atoms with Gasteiger partial charge in [-0.25, -0.2) is 8.78 Å². The first-order valence-electron chi connectivity index (χ1n) is 5.49. The van der Waals surface area contributed by atoms with Crippen molar-refractivity contribution in [2.45, 2.75) is 18.2 Å². The summed E-state index contributed by atoms with van der Waals surface area (Å²) < 4.78 is 26.8. The zero-order valence-electron chi connectivity index (χ0n) is 10.4. The lowest BCUT2D eigenvalue weighted by Gasteiger charge is -2.21. The maximum atomic E-state index is 13.5. The molecule has 0 bridgehead atoms. The van der Waals surface area contributed by atoms with Crippen molar-refractivity contribution in [1.29, 1.82) is 0 Å². The highest BCUT2D eigenvalue weighted by molar-refractivity contribution is 7.99. The summed E-state index contributed by atoms with van der Waals surface area (Å²) in [5, 5.41) is 11.0. The minimum atomic E-state index is -0.888. The number of carbonyl (C=O) groups is 1. The number of rotatable bonds is 5. The minimum absolute atomic E-state index is 0.125. The average molecular weight is 310 g/mol. The summed E-state index contributed by atoms with van der Waals surface area (Å²) in [6.45, 7) is 1.56. The van der Waals surface area contributed by atoms with E-state index in [1.165, 1.54) is 11.8 Å². The van der Waals surface area contributed by atoms with E-state index in [4.69, 9.17) is 16.7 Å². The summed E-state index contributed by atoms with van der Waals surface area (Å²) in [7, 11) is 0. The highest BCUT2D eigenvalue weighted by Gasteiger charge is 2.21. The molecule has 0 radical (unpaired) electrons. The lowest BCUT2D eigenvalue weighted by Crippen LogP contribution is -2.41. The summed E-state index contributed by atoms with van der Waals surface area (Å²) in [6, 6.07) is 1.13. The number of halogens is 3. The fraction of sp³-hybridized carbons (Fsp3) is 0.417. The molecule has 0 aliphatic heterocycles. The SMILES string of the molecule is CSC(CO)C(C)NC(=O)c1cc(F)c(Cl)cc1F. The van der Waals surface area contributed by atoms with Gasteiger partial charge in [0.05, 0.1) is 17.2 Å². The van der Waals surface area contributed by atoms with Gasteiger partial charge in [-0.1, -0.05) is 11.6 Å². The van der Waals surface area contributed by atoms with Crippen LogP contribution in [0.2, 0.25) is 5.02 Å². The lowest BCUT2D eigenvalue weighted by molar-refractivity contribution is 0.0931. The van der Waals surface area contributed by atoms with Crippen molar-refractivity contribution in [2.24, 2.45) is 0 Å². The molecule has 1 aromatic carbocycles. The molecule has 3 nitrogen and oxygen atoms in total. The molecule has 1 rings (SSSR count). The van der Waals surface area contributed by atoms with Crippen molar-refractivity contribution in [3.63, 3.8) is 0 Å². The molecule has 0 saturated heterocycles. The Morgan fingerprint density at radius 3 is 2.63 bits per heavy atom. The van der Waals surface area contributed by atoms with Crippen LogP contribution in [0.1, 0.15) is 17.3 Å². The Balaban J connectivity index is 2.87. The summed E-state index contributed by atoms with van der Waals surface area (Å²) >= 11 is 6.78. The van der Waals surface area contributed by atoms with Crippen molar-refractivity contribution in [2.75, 3.05) is 12.9 Å². The number of carbonyl (C=O) groups excluding carboxylic acids is 1. The van der Waals surface area contributed by atoms with Gasteiger partial charge in [0, 0.05) is 11.3 Å². The smallest absolute Gasteiger partial charge is 0.254 e. The van der Waals surface area contributed by atoms with E-state index in [-0.39, 0.29) is 22.9 Å². The van der Waals surface area contributed by atoms with Crippen molar-refractivity contribution in [1.82, 2.24) is 5.32 Å². The van der Waals surface area contributed by atoms with E-state index >= 15 is 0 Å². The van der Waals surface area contributed by atoms with E-state index in [1.807, 2.05) is 0 Å². The van der Waals surface area contributed by atoms with Crippen LogP contribution in [-0.2, 0) is 0 Å². The molecule has 2 N–H and O–H groups in total. The quantitative estimate of drug-likeness (QED) is 0.822. The van der Waals surface area contributed by atoms with Gasteiger partial charge >= 0.3 is 0 Å². The molecule has 19 heavy (non-hydrogen) atoms. The first-order valence-corrected chi connectivity index (χ1v) is 7.16. The van der Waals surface area contributed by atoms with E-state index in [0.717, 1.165) is 12.1 Å². The number of hydrogen-bond donors (Lipinski definition) is 2. The Hall–Kier alpha value is -0.850. The molecule has 0 fully saturated rings. The van der Waals surface area contributed by atoms with Gasteiger partial charge in [-0.15, -0.1) is 0 Å². The summed E-state index contributed by atoms with van der Waals surface area (Å²) in [4.78, 5) is 11.8. The summed E-state index contributed by atoms with van der Waals surface area (Å²) in [6.07, 6.45) is 1.78. The van der Waals surface area contributed by atoms with E-state index in [1.54, 1.807) is 13.2 Å². The number of thioether (sulfide) groups is 1. The number of aliphatic hydroxyl groups is 1. The second-order valence-electron chi connectivity index (χ2n) is 3.97. The molecule has 0 saturated carbocycles. The van der Waals surface area contributed by atoms with E-state index < -0.39 is 23.1 Å². The molecule has 0 spiro atoms. The Morgan fingerprint density at radius 1 is 1.47 bits per heavy atom. The van der Waals surface area contributed by atoms with Crippen LogP contribution >= 0.6 is 23.4 Å². The third-order valence-electron chi connectivity index (χ3n) is 2.65. The Bertz CT molecular complexity index is 469. The molecule has 1 amide bonds. The van der Waals surface area contributed by atoms with Gasteiger partial charge in [-0.2, -0.15) is 11.8 Å². The minimum Gasteiger partial charge on any atom is -0.395 e. The lowest BCUT2D eigenvalue weighted by atomic mass is 10.1. The number of aliphatic hydroxyl groups excluding tert-OH is 1. The maximum Gasteiger partial charge on any atom is 0.254 e. The van der Waals surface area contributed by atoms with Crippen molar-refractivity contribution in [3.8, 4) is 0 Å². The number of amides is 1. The average Bonchev–Trinajstić information content (AvgIpc) is 2.35. The molecule has 1 aromatic rings. The highest BCUT2D eigenvalue weighted by atomic mass is 35.5. The standard InChI is InChI=1S/C12H14ClF2NO2S/c1-6(11(5-17)19-2)16-12(18)7-3-10(15)8(13)4-9(7)14/h3-4,6,11,17H,5H2,1-2H3,(H,16,18). The van der Waals surface area contributed by atoms with Gasteiger partial charge in [0.15, 0.2) is 0 Å². The van der Waals surface area contributed by atoms with Crippen molar-refractivity contribution in [3.05, 3.63) is 34.4 Å². The first-order chi connectivity index (χ1) is 8.90. The van der Waals surface area contributed by atoms with Crippen molar-refractivity contribution >= 4 is 29.3 Å². The van der Waals surface area contributed by atoms with E-state index in [9.17, 15) is 13.6 Å². The fourth-order valence-electron chi connectivity index (χ4n) is 1.51.